The van der Waals surface area contributed by atoms with E-state index in [-0.39, 0.29) is 5.56 Å². The summed E-state index contributed by atoms with van der Waals surface area (Å²) in [4.78, 5) is 6.85. The number of aryl methyl sites for hydroxylation is 1. The van der Waals surface area contributed by atoms with Gasteiger partial charge in [-0.1, -0.05) is 18.2 Å². The molecule has 6 heteroatoms. The SMILES string of the molecule is C=C(c1cc(C)ccc1N1CCOCC1)N1CCN(c2ccc(C#N)c(F)c2)CC1. The van der Waals surface area contributed by atoms with Gasteiger partial charge in [-0.3, -0.25) is 0 Å². The molecule has 0 radical (unpaired) electrons. The van der Waals surface area contributed by atoms with Gasteiger partial charge in [0.05, 0.1) is 18.8 Å². The Kier molecular flexibility index (Phi) is 5.91. The Morgan fingerprint density at radius 2 is 1.73 bits per heavy atom. The molecule has 2 saturated heterocycles. The zero-order valence-corrected chi connectivity index (χ0v) is 17.4. The van der Waals surface area contributed by atoms with E-state index < -0.39 is 5.82 Å². The average molecular weight is 407 g/mol. The van der Waals surface area contributed by atoms with Crippen LogP contribution in [0.3, 0.4) is 0 Å². The topological polar surface area (TPSA) is 42.7 Å². The van der Waals surface area contributed by atoms with E-state index in [2.05, 4.69) is 46.4 Å². The summed E-state index contributed by atoms with van der Waals surface area (Å²) < 4.78 is 19.5. The molecule has 0 amide bonds. The lowest BCUT2D eigenvalue weighted by molar-refractivity contribution is 0.122. The molecule has 156 valence electrons. The van der Waals surface area contributed by atoms with Crippen LogP contribution in [0, 0.1) is 24.1 Å². The Bertz CT molecular complexity index is 970. The van der Waals surface area contributed by atoms with Crippen LogP contribution >= 0.6 is 0 Å². The maximum absolute atomic E-state index is 14.0. The van der Waals surface area contributed by atoms with Crippen LogP contribution in [0.15, 0.2) is 43.0 Å². The minimum absolute atomic E-state index is 0.0841. The largest absolute Gasteiger partial charge is 0.378 e. The van der Waals surface area contributed by atoms with Crippen molar-refractivity contribution >= 4 is 17.1 Å². The maximum atomic E-state index is 14.0. The summed E-state index contributed by atoms with van der Waals surface area (Å²) in [5.74, 6) is -0.461. The highest BCUT2D eigenvalue weighted by atomic mass is 19.1. The molecule has 2 aromatic carbocycles. The van der Waals surface area contributed by atoms with Crippen molar-refractivity contribution in [1.82, 2.24) is 4.90 Å². The van der Waals surface area contributed by atoms with Gasteiger partial charge < -0.3 is 19.4 Å². The molecule has 2 aliphatic rings. The van der Waals surface area contributed by atoms with Crippen LogP contribution in [0.25, 0.3) is 5.70 Å². The lowest BCUT2D eigenvalue weighted by atomic mass is 10.0. The molecular formula is C24H27FN4O. The number of piperazine rings is 1. The maximum Gasteiger partial charge on any atom is 0.143 e. The second kappa shape index (κ2) is 8.76. The van der Waals surface area contributed by atoms with Crippen molar-refractivity contribution in [2.24, 2.45) is 0 Å². The fourth-order valence-corrected chi connectivity index (χ4v) is 4.16. The van der Waals surface area contributed by atoms with Crippen LogP contribution in [0.1, 0.15) is 16.7 Å². The Labute approximate surface area is 177 Å². The number of benzene rings is 2. The molecule has 0 spiro atoms. The van der Waals surface area contributed by atoms with Gasteiger partial charge in [0, 0.05) is 61.9 Å². The number of nitrogens with zero attached hydrogens (tertiary/aromatic N) is 4. The Hall–Kier alpha value is -3.04. The first kappa shape index (κ1) is 20.2. The zero-order chi connectivity index (χ0) is 21.1. The van der Waals surface area contributed by atoms with Gasteiger partial charge in [0.1, 0.15) is 11.9 Å². The van der Waals surface area contributed by atoms with Gasteiger partial charge in [-0.05, 0) is 37.3 Å². The predicted molar refractivity (Wildman–Crippen MR) is 118 cm³/mol. The number of anilines is 2. The first-order valence-electron chi connectivity index (χ1n) is 10.4. The smallest absolute Gasteiger partial charge is 0.143 e. The fraction of sp³-hybridized carbons (Fsp3) is 0.375. The lowest BCUT2D eigenvalue weighted by Gasteiger charge is -2.39. The minimum atomic E-state index is -0.461. The third-order valence-electron chi connectivity index (χ3n) is 5.91. The van der Waals surface area contributed by atoms with Crippen LogP contribution < -0.4 is 9.80 Å². The molecule has 5 nitrogen and oxygen atoms in total. The molecule has 2 aliphatic heterocycles. The van der Waals surface area contributed by atoms with Gasteiger partial charge in [-0.25, -0.2) is 4.39 Å². The third kappa shape index (κ3) is 4.12. The molecule has 2 heterocycles. The quantitative estimate of drug-likeness (QED) is 0.776. The van der Waals surface area contributed by atoms with Crippen molar-refractivity contribution in [1.29, 1.82) is 5.26 Å². The summed E-state index contributed by atoms with van der Waals surface area (Å²) in [7, 11) is 0. The van der Waals surface area contributed by atoms with Crippen molar-refractivity contribution in [3.8, 4) is 6.07 Å². The molecule has 0 N–H and O–H groups in total. The van der Waals surface area contributed by atoms with E-state index in [9.17, 15) is 4.39 Å². The highest BCUT2D eigenvalue weighted by Gasteiger charge is 2.23. The number of morpholine rings is 1. The molecule has 0 atom stereocenters. The van der Waals surface area contributed by atoms with E-state index in [1.54, 1.807) is 6.07 Å². The summed E-state index contributed by atoms with van der Waals surface area (Å²) in [5.41, 5.74) is 5.54. The summed E-state index contributed by atoms with van der Waals surface area (Å²) >= 11 is 0. The van der Waals surface area contributed by atoms with Crippen molar-refractivity contribution in [3.05, 3.63) is 65.5 Å². The second-order valence-electron chi connectivity index (χ2n) is 7.82. The van der Waals surface area contributed by atoms with E-state index in [1.807, 2.05) is 12.1 Å². The lowest BCUT2D eigenvalue weighted by Crippen LogP contribution is -2.45. The number of hydrogen-bond donors (Lipinski definition) is 0. The normalized spacial score (nSPS) is 17.0. The molecule has 0 bridgehead atoms. The molecule has 0 aliphatic carbocycles. The van der Waals surface area contributed by atoms with Crippen molar-refractivity contribution in [3.63, 3.8) is 0 Å². The monoisotopic (exact) mass is 406 g/mol. The average Bonchev–Trinajstić information content (AvgIpc) is 2.79. The standard InChI is InChI=1S/C24H27FN4O/c1-18-3-6-24(29-11-13-30-14-12-29)22(15-18)19(2)27-7-9-28(10-8-27)21-5-4-20(17-26)23(25)16-21/h3-6,15-16H,2,7-14H2,1H3. The van der Waals surface area contributed by atoms with Gasteiger partial charge >= 0.3 is 0 Å². The van der Waals surface area contributed by atoms with Crippen molar-refractivity contribution in [2.75, 3.05) is 62.3 Å². The van der Waals surface area contributed by atoms with E-state index in [0.29, 0.717) is 0 Å². The molecule has 2 aromatic rings. The Morgan fingerprint density at radius 3 is 2.40 bits per heavy atom. The van der Waals surface area contributed by atoms with Crippen LogP contribution in [-0.4, -0.2) is 57.4 Å². The van der Waals surface area contributed by atoms with Crippen LogP contribution in [0.4, 0.5) is 15.8 Å². The molecule has 30 heavy (non-hydrogen) atoms. The van der Waals surface area contributed by atoms with Crippen LogP contribution in [-0.2, 0) is 4.74 Å². The first-order valence-corrected chi connectivity index (χ1v) is 10.4. The first-order chi connectivity index (χ1) is 14.6. The van der Waals surface area contributed by atoms with Gasteiger partial charge in [-0.2, -0.15) is 5.26 Å². The number of halogens is 1. The van der Waals surface area contributed by atoms with E-state index in [4.69, 9.17) is 10.00 Å². The van der Waals surface area contributed by atoms with E-state index in [0.717, 1.165) is 63.9 Å². The van der Waals surface area contributed by atoms with E-state index in [1.165, 1.54) is 22.9 Å². The molecule has 2 fully saturated rings. The number of rotatable bonds is 4. The van der Waals surface area contributed by atoms with Gasteiger partial charge in [0.25, 0.3) is 0 Å². The summed E-state index contributed by atoms with van der Waals surface area (Å²) in [6, 6.07) is 13.3. The van der Waals surface area contributed by atoms with Crippen LogP contribution in [0.5, 0.6) is 0 Å². The van der Waals surface area contributed by atoms with E-state index >= 15 is 0 Å². The van der Waals surface area contributed by atoms with Gasteiger partial charge in [0.15, 0.2) is 0 Å². The molecule has 0 saturated carbocycles. The Balaban J connectivity index is 1.48. The minimum Gasteiger partial charge on any atom is -0.378 e. The van der Waals surface area contributed by atoms with Crippen molar-refractivity contribution < 1.29 is 9.13 Å². The number of nitriles is 1. The summed E-state index contributed by atoms with van der Waals surface area (Å²) in [6.45, 7) is 13.0. The molecule has 0 unspecified atom stereocenters. The van der Waals surface area contributed by atoms with Gasteiger partial charge in [-0.15, -0.1) is 0 Å². The van der Waals surface area contributed by atoms with Gasteiger partial charge in [0.2, 0.25) is 0 Å². The molecule has 4 rings (SSSR count). The highest BCUT2D eigenvalue weighted by molar-refractivity contribution is 5.76. The van der Waals surface area contributed by atoms with Crippen molar-refractivity contribution in [2.45, 2.75) is 6.92 Å². The van der Waals surface area contributed by atoms with Crippen LogP contribution in [0.2, 0.25) is 0 Å². The zero-order valence-electron chi connectivity index (χ0n) is 17.4. The number of ether oxygens (including phenoxy) is 1. The fourth-order valence-electron chi connectivity index (χ4n) is 4.16. The predicted octanol–water partition coefficient (Wildman–Crippen LogP) is 3.64. The Morgan fingerprint density at radius 1 is 1.00 bits per heavy atom. The number of hydrogen-bond acceptors (Lipinski definition) is 5. The highest BCUT2D eigenvalue weighted by Crippen LogP contribution is 2.31. The molecule has 0 aromatic heterocycles. The second-order valence-corrected chi connectivity index (χ2v) is 7.82. The summed E-state index contributed by atoms with van der Waals surface area (Å²) in [5, 5.41) is 8.93. The molecular weight excluding hydrogens is 379 g/mol. The summed E-state index contributed by atoms with van der Waals surface area (Å²) in [6.07, 6.45) is 0. The third-order valence-corrected chi connectivity index (χ3v) is 5.91.